The maximum atomic E-state index is 13.6. The number of rotatable bonds is 5. The lowest BCUT2D eigenvalue weighted by Crippen LogP contribution is -2.40. The number of ether oxygens (including phenoxy) is 1. The first-order chi connectivity index (χ1) is 17.2. The molecule has 7 nitrogen and oxygen atoms in total. The van der Waals surface area contributed by atoms with Crippen LogP contribution in [0.1, 0.15) is 45.1 Å². The average molecular weight is 487 g/mol. The van der Waals surface area contributed by atoms with Crippen molar-refractivity contribution in [1.82, 2.24) is 13.7 Å². The van der Waals surface area contributed by atoms with E-state index in [1.54, 1.807) is 18.7 Å². The van der Waals surface area contributed by atoms with Crippen LogP contribution in [0, 0.1) is 0 Å². The van der Waals surface area contributed by atoms with Gasteiger partial charge in [-0.2, -0.15) is 0 Å². The summed E-state index contributed by atoms with van der Waals surface area (Å²) in [6.45, 7) is 10.9. The predicted octanol–water partition coefficient (Wildman–Crippen LogP) is 4.41. The minimum Gasteiger partial charge on any atom is -0.372 e. The highest BCUT2D eigenvalue weighted by molar-refractivity contribution is 5.96. The number of fused-ring (bicyclic) bond motifs is 3. The third-order valence-electron chi connectivity index (χ3n) is 7.44. The van der Waals surface area contributed by atoms with Gasteiger partial charge in [-0.15, -0.1) is 0 Å². The second-order valence-electron chi connectivity index (χ2n) is 10.1. The van der Waals surface area contributed by atoms with E-state index in [1.807, 2.05) is 30.3 Å². The molecule has 0 radical (unpaired) electrons. The van der Waals surface area contributed by atoms with E-state index in [0.717, 1.165) is 41.3 Å². The Kier molecular flexibility index (Phi) is 5.91. The number of aromatic nitrogens is 3. The molecule has 0 bridgehead atoms. The molecule has 0 saturated carbocycles. The van der Waals surface area contributed by atoms with Crippen LogP contribution in [0.15, 0.2) is 64.2 Å². The number of hydrogen-bond acceptors (Lipinski definition) is 4. The molecule has 36 heavy (non-hydrogen) atoms. The third-order valence-corrected chi connectivity index (χ3v) is 7.44. The van der Waals surface area contributed by atoms with Gasteiger partial charge in [0.05, 0.1) is 34.4 Å². The Bertz CT molecular complexity index is 1540. The molecule has 0 saturated heterocycles. The number of anilines is 1. The quantitative estimate of drug-likeness (QED) is 0.419. The van der Waals surface area contributed by atoms with Crippen LogP contribution >= 0.6 is 0 Å². The minimum atomic E-state index is -0.432. The first kappa shape index (κ1) is 24.1. The maximum Gasteiger partial charge on any atom is 0.331 e. The van der Waals surface area contributed by atoms with Gasteiger partial charge in [-0.1, -0.05) is 42.5 Å². The van der Waals surface area contributed by atoms with E-state index < -0.39 is 11.6 Å². The van der Waals surface area contributed by atoms with E-state index in [0.29, 0.717) is 17.5 Å². The van der Waals surface area contributed by atoms with E-state index in [-0.39, 0.29) is 11.2 Å². The Balaban J connectivity index is 1.86. The van der Waals surface area contributed by atoms with Crippen molar-refractivity contribution in [3.8, 4) is 11.3 Å². The van der Waals surface area contributed by atoms with E-state index >= 15 is 0 Å². The van der Waals surface area contributed by atoms with Gasteiger partial charge in [-0.05, 0) is 51.0 Å². The van der Waals surface area contributed by atoms with Gasteiger partial charge < -0.3 is 14.2 Å². The zero-order valence-electron chi connectivity index (χ0n) is 21.9. The first-order valence-corrected chi connectivity index (χ1v) is 12.6. The minimum absolute atomic E-state index is 0.291. The molecule has 4 aromatic rings. The van der Waals surface area contributed by atoms with Gasteiger partial charge in [0.25, 0.3) is 5.56 Å². The molecule has 0 N–H and O–H groups in total. The molecular weight excluding hydrogens is 452 g/mol. The van der Waals surface area contributed by atoms with Gasteiger partial charge in [0.15, 0.2) is 0 Å². The summed E-state index contributed by atoms with van der Waals surface area (Å²) in [5.74, 6) is 0. The topological polar surface area (TPSA) is 61.4 Å². The summed E-state index contributed by atoms with van der Waals surface area (Å²) in [5, 5.41) is 0.545. The summed E-state index contributed by atoms with van der Waals surface area (Å²) in [4.78, 5) is 29.0. The van der Waals surface area contributed by atoms with Crippen molar-refractivity contribution in [2.24, 2.45) is 14.1 Å². The molecule has 188 valence electrons. The van der Waals surface area contributed by atoms with Crippen molar-refractivity contribution in [3.63, 3.8) is 0 Å². The van der Waals surface area contributed by atoms with Gasteiger partial charge >= 0.3 is 5.69 Å². The van der Waals surface area contributed by atoms with E-state index in [1.165, 1.54) is 4.57 Å². The van der Waals surface area contributed by atoms with Gasteiger partial charge in [-0.25, -0.2) is 4.79 Å². The number of aryl methyl sites for hydroxylation is 1. The van der Waals surface area contributed by atoms with Crippen molar-refractivity contribution in [2.45, 2.75) is 39.3 Å². The fraction of sp³-hybridized carbons (Fsp3) is 0.379. The molecule has 0 unspecified atom stereocenters. The molecule has 1 atom stereocenters. The molecule has 2 aromatic heterocycles. The summed E-state index contributed by atoms with van der Waals surface area (Å²) in [7, 11) is 3.28. The molecule has 0 spiro atoms. The second-order valence-corrected chi connectivity index (χ2v) is 10.1. The fourth-order valence-electron chi connectivity index (χ4n) is 5.57. The van der Waals surface area contributed by atoms with Gasteiger partial charge in [-0.3, -0.25) is 13.9 Å². The van der Waals surface area contributed by atoms with Crippen LogP contribution in [0.5, 0.6) is 0 Å². The van der Waals surface area contributed by atoms with Gasteiger partial charge in [0, 0.05) is 32.9 Å². The predicted molar refractivity (Wildman–Crippen MR) is 145 cm³/mol. The van der Waals surface area contributed by atoms with Gasteiger partial charge in [0.2, 0.25) is 0 Å². The van der Waals surface area contributed by atoms with Crippen LogP contribution < -0.4 is 16.1 Å². The van der Waals surface area contributed by atoms with Crippen molar-refractivity contribution in [1.29, 1.82) is 0 Å². The Morgan fingerprint density at radius 2 is 1.58 bits per heavy atom. The summed E-state index contributed by atoms with van der Waals surface area (Å²) >= 11 is 0. The molecule has 1 aliphatic heterocycles. The van der Waals surface area contributed by atoms with Gasteiger partial charge in [0.1, 0.15) is 6.10 Å². The lowest BCUT2D eigenvalue weighted by atomic mass is 9.97. The lowest BCUT2D eigenvalue weighted by molar-refractivity contribution is -0.00706. The standard InChI is InChI=1S/C29H34N4O3/c1-7-32(8-2)21-16-14-20(15-17-21)26-25-24-22(27(34)31(6)28(35)30(24)5)23(19-12-10-9-11-13-19)33(25)29(3,4)18-36-26/h9-17,26H,7-8,18H2,1-6H3/t26-/m0/s1. The zero-order chi connectivity index (χ0) is 25.8. The highest BCUT2D eigenvalue weighted by Gasteiger charge is 2.40. The Labute approximate surface area is 211 Å². The molecule has 1 aliphatic rings. The number of nitrogens with zero attached hydrogens (tertiary/aromatic N) is 4. The molecule has 0 fully saturated rings. The first-order valence-electron chi connectivity index (χ1n) is 12.6. The molecule has 0 amide bonds. The van der Waals surface area contributed by atoms with E-state index in [4.69, 9.17) is 4.74 Å². The normalized spacial score (nSPS) is 16.8. The SMILES string of the molecule is CCN(CC)c1ccc([C@@H]2OCC(C)(C)n3c(-c4ccccc4)c4c(=O)n(C)c(=O)n(C)c4c32)cc1. The molecule has 5 rings (SSSR count). The summed E-state index contributed by atoms with van der Waals surface area (Å²) < 4.78 is 11.6. The highest BCUT2D eigenvalue weighted by Crippen LogP contribution is 2.45. The van der Waals surface area contributed by atoms with Crippen LogP contribution in [-0.4, -0.2) is 33.4 Å². The molecule has 0 aliphatic carbocycles. The Morgan fingerprint density at radius 3 is 2.19 bits per heavy atom. The third kappa shape index (κ3) is 3.53. The maximum absolute atomic E-state index is 13.6. The van der Waals surface area contributed by atoms with Crippen molar-refractivity contribution >= 4 is 16.6 Å². The molecular formula is C29H34N4O3. The molecule has 2 aromatic carbocycles. The summed E-state index contributed by atoms with van der Waals surface area (Å²) in [5.41, 5.74) is 4.32. The monoisotopic (exact) mass is 486 g/mol. The van der Waals surface area contributed by atoms with Crippen LogP contribution in [0.25, 0.3) is 22.2 Å². The number of hydrogen-bond donors (Lipinski definition) is 0. The Hall–Kier alpha value is -3.58. The largest absolute Gasteiger partial charge is 0.372 e. The van der Waals surface area contributed by atoms with Crippen LogP contribution in [0.3, 0.4) is 0 Å². The van der Waals surface area contributed by atoms with Crippen LogP contribution in [0.2, 0.25) is 0 Å². The van der Waals surface area contributed by atoms with E-state index in [2.05, 4.69) is 61.4 Å². The fourth-order valence-corrected chi connectivity index (χ4v) is 5.57. The molecule has 7 heteroatoms. The van der Waals surface area contributed by atoms with E-state index in [9.17, 15) is 9.59 Å². The zero-order valence-corrected chi connectivity index (χ0v) is 21.9. The summed E-state index contributed by atoms with van der Waals surface area (Å²) in [6, 6.07) is 18.4. The van der Waals surface area contributed by atoms with Crippen molar-refractivity contribution in [2.75, 3.05) is 24.6 Å². The highest BCUT2D eigenvalue weighted by atomic mass is 16.5. The average Bonchev–Trinajstić information content (AvgIpc) is 3.26. The Morgan fingerprint density at radius 1 is 0.944 bits per heavy atom. The number of benzene rings is 2. The molecule has 3 heterocycles. The summed E-state index contributed by atoms with van der Waals surface area (Å²) in [6.07, 6.45) is -0.415. The van der Waals surface area contributed by atoms with Crippen LogP contribution in [0.4, 0.5) is 5.69 Å². The lowest BCUT2D eigenvalue weighted by Gasteiger charge is -2.39. The smallest absolute Gasteiger partial charge is 0.331 e. The van der Waals surface area contributed by atoms with Crippen molar-refractivity contribution < 1.29 is 4.74 Å². The van der Waals surface area contributed by atoms with Crippen LogP contribution in [-0.2, 0) is 24.4 Å². The second kappa shape index (κ2) is 8.82. The van der Waals surface area contributed by atoms with Crippen molar-refractivity contribution in [3.05, 3.63) is 86.7 Å².